The molecule has 2 amide bonds. The summed E-state index contributed by atoms with van der Waals surface area (Å²) < 4.78 is 14.4. The van der Waals surface area contributed by atoms with Crippen molar-refractivity contribution in [1.29, 1.82) is 0 Å². The highest BCUT2D eigenvalue weighted by atomic mass is 32.1. The fourth-order valence-corrected chi connectivity index (χ4v) is 3.28. The molecular weight excluding hydrogens is 315 g/mol. The number of rotatable bonds is 4. The zero-order valence-electron chi connectivity index (χ0n) is 12.0. The maximum Gasteiger partial charge on any atom is 0.265 e. The van der Waals surface area contributed by atoms with E-state index in [0.717, 1.165) is 0 Å². The van der Waals surface area contributed by atoms with Gasteiger partial charge in [0.15, 0.2) is 0 Å². The number of carbonyl (C=O) groups excluding carboxylic acids is 2. The van der Waals surface area contributed by atoms with Crippen LogP contribution in [-0.2, 0) is 11.2 Å². The number of halogens is 1. The molecule has 0 saturated heterocycles. The van der Waals surface area contributed by atoms with E-state index in [-0.39, 0.29) is 18.1 Å². The van der Waals surface area contributed by atoms with Crippen LogP contribution in [0, 0.1) is 5.82 Å². The molecule has 0 aliphatic rings. The smallest absolute Gasteiger partial charge is 0.265 e. The summed E-state index contributed by atoms with van der Waals surface area (Å²) in [6.45, 7) is 0. The Morgan fingerprint density at radius 3 is 2.65 bits per heavy atom. The third-order valence-corrected chi connectivity index (χ3v) is 4.46. The summed E-state index contributed by atoms with van der Waals surface area (Å²) in [7, 11) is 0. The molecule has 0 saturated carbocycles. The highest BCUT2D eigenvalue weighted by molar-refractivity contribution is 7.20. The number of benzene rings is 2. The largest absolute Gasteiger partial charge is 0.369 e. The summed E-state index contributed by atoms with van der Waals surface area (Å²) in [4.78, 5) is 23.9. The third-order valence-electron chi connectivity index (χ3n) is 3.36. The molecule has 4 nitrogen and oxygen atoms in total. The van der Waals surface area contributed by atoms with Gasteiger partial charge >= 0.3 is 0 Å². The lowest BCUT2D eigenvalue weighted by Crippen LogP contribution is -2.17. The molecule has 116 valence electrons. The molecule has 0 bridgehead atoms. The maximum atomic E-state index is 13.7. The third kappa shape index (κ3) is 3.22. The molecule has 3 N–H and O–H groups in total. The molecule has 3 rings (SSSR count). The van der Waals surface area contributed by atoms with Crippen LogP contribution >= 0.6 is 11.3 Å². The first-order valence-corrected chi connectivity index (χ1v) is 7.72. The summed E-state index contributed by atoms with van der Waals surface area (Å²) in [6, 6.07) is 13.2. The van der Waals surface area contributed by atoms with E-state index in [9.17, 15) is 14.0 Å². The number of amides is 2. The molecule has 1 heterocycles. The van der Waals surface area contributed by atoms with Crippen molar-refractivity contribution in [3.05, 3.63) is 64.8 Å². The van der Waals surface area contributed by atoms with Crippen LogP contribution in [0.15, 0.2) is 48.5 Å². The van der Waals surface area contributed by atoms with Crippen molar-refractivity contribution in [3.8, 4) is 0 Å². The van der Waals surface area contributed by atoms with Crippen molar-refractivity contribution in [2.24, 2.45) is 5.73 Å². The van der Waals surface area contributed by atoms with Gasteiger partial charge in [-0.25, -0.2) is 4.39 Å². The first-order chi connectivity index (χ1) is 11.0. The second-order valence-electron chi connectivity index (χ2n) is 5.02. The van der Waals surface area contributed by atoms with Gasteiger partial charge in [-0.15, -0.1) is 11.3 Å². The van der Waals surface area contributed by atoms with E-state index in [4.69, 9.17) is 5.73 Å². The lowest BCUT2D eigenvalue weighted by molar-refractivity contribution is -0.117. The van der Waals surface area contributed by atoms with E-state index >= 15 is 0 Å². The number of nitrogens with one attached hydrogen (secondary N) is 1. The summed E-state index contributed by atoms with van der Waals surface area (Å²) in [5, 5.41) is 3.18. The molecule has 0 spiro atoms. The second-order valence-corrected chi connectivity index (χ2v) is 6.10. The Morgan fingerprint density at radius 1 is 1.13 bits per heavy atom. The van der Waals surface area contributed by atoms with Crippen LogP contribution in [0.25, 0.3) is 10.1 Å². The molecule has 23 heavy (non-hydrogen) atoms. The highest BCUT2D eigenvalue weighted by Crippen LogP contribution is 2.28. The highest BCUT2D eigenvalue weighted by Gasteiger charge is 2.14. The standard InChI is InChI=1S/C17H13FN2O2S/c18-12-5-3-7-14-11(12)9-15(23-14)17(22)20-13-6-2-1-4-10(13)8-16(19)21/h1-7,9H,8H2,(H2,19,21)(H,20,22). The average molecular weight is 328 g/mol. The number of fused-ring (bicyclic) bond motifs is 1. The van der Waals surface area contributed by atoms with Crippen molar-refractivity contribution in [3.63, 3.8) is 0 Å². The van der Waals surface area contributed by atoms with Gasteiger partial charge in [-0.1, -0.05) is 24.3 Å². The van der Waals surface area contributed by atoms with Crippen LogP contribution in [0.5, 0.6) is 0 Å². The maximum absolute atomic E-state index is 13.7. The van der Waals surface area contributed by atoms with E-state index in [1.807, 2.05) is 0 Å². The molecule has 3 aromatic rings. The van der Waals surface area contributed by atoms with E-state index in [1.54, 1.807) is 36.4 Å². The molecular formula is C17H13FN2O2S. The van der Waals surface area contributed by atoms with Gasteiger partial charge < -0.3 is 11.1 Å². The number of nitrogens with two attached hydrogens (primary N) is 1. The first kappa shape index (κ1) is 15.2. The molecule has 0 unspecified atom stereocenters. The van der Waals surface area contributed by atoms with Crippen LogP contribution in [-0.4, -0.2) is 11.8 Å². The van der Waals surface area contributed by atoms with Gasteiger partial charge in [0.1, 0.15) is 5.82 Å². The Labute approximate surface area is 135 Å². The fourth-order valence-electron chi connectivity index (χ4n) is 2.31. The average Bonchev–Trinajstić information content (AvgIpc) is 2.94. The van der Waals surface area contributed by atoms with Crippen LogP contribution < -0.4 is 11.1 Å². The summed E-state index contributed by atoms with van der Waals surface area (Å²) in [5.41, 5.74) is 6.37. The van der Waals surface area contributed by atoms with E-state index < -0.39 is 5.91 Å². The lowest BCUT2D eigenvalue weighted by Gasteiger charge is -2.08. The normalized spacial score (nSPS) is 10.7. The van der Waals surface area contributed by atoms with Crippen molar-refractivity contribution in [2.45, 2.75) is 6.42 Å². The van der Waals surface area contributed by atoms with E-state index in [2.05, 4.69) is 5.32 Å². The number of para-hydroxylation sites is 1. The second kappa shape index (κ2) is 6.18. The van der Waals surface area contributed by atoms with Gasteiger partial charge in [-0.3, -0.25) is 9.59 Å². The van der Waals surface area contributed by atoms with Crippen LogP contribution in [0.4, 0.5) is 10.1 Å². The minimum absolute atomic E-state index is 0.0392. The Hall–Kier alpha value is -2.73. The number of carbonyl (C=O) groups is 2. The topological polar surface area (TPSA) is 72.2 Å². The summed E-state index contributed by atoms with van der Waals surface area (Å²) >= 11 is 1.21. The lowest BCUT2D eigenvalue weighted by atomic mass is 10.1. The molecule has 0 aliphatic heterocycles. The zero-order valence-corrected chi connectivity index (χ0v) is 12.8. The van der Waals surface area contributed by atoms with Crippen molar-refractivity contribution >= 4 is 38.9 Å². The predicted molar refractivity (Wildman–Crippen MR) is 89.1 cm³/mol. The SMILES string of the molecule is NC(=O)Cc1ccccc1NC(=O)c1cc2c(F)cccc2s1. The van der Waals surface area contributed by atoms with E-state index in [1.165, 1.54) is 23.5 Å². The Morgan fingerprint density at radius 2 is 1.91 bits per heavy atom. The summed E-state index contributed by atoms with van der Waals surface area (Å²) in [5.74, 6) is -1.18. The van der Waals surface area contributed by atoms with Gasteiger partial charge in [0.2, 0.25) is 5.91 Å². The molecule has 0 radical (unpaired) electrons. The minimum Gasteiger partial charge on any atom is -0.369 e. The Kier molecular flexibility index (Phi) is 4.08. The molecule has 0 atom stereocenters. The van der Waals surface area contributed by atoms with Gasteiger partial charge in [-0.2, -0.15) is 0 Å². The van der Waals surface area contributed by atoms with Crippen molar-refractivity contribution in [2.75, 3.05) is 5.32 Å². The monoisotopic (exact) mass is 328 g/mol. The molecule has 6 heteroatoms. The van der Waals surface area contributed by atoms with Crippen LogP contribution in [0.2, 0.25) is 0 Å². The Balaban J connectivity index is 1.89. The first-order valence-electron chi connectivity index (χ1n) is 6.90. The van der Waals surface area contributed by atoms with Gasteiger partial charge in [0.05, 0.1) is 11.3 Å². The van der Waals surface area contributed by atoms with Crippen LogP contribution in [0.1, 0.15) is 15.2 Å². The summed E-state index contributed by atoms with van der Waals surface area (Å²) in [6.07, 6.45) is 0.0392. The van der Waals surface area contributed by atoms with Gasteiger partial charge in [0.25, 0.3) is 5.91 Å². The minimum atomic E-state index is -0.476. The van der Waals surface area contributed by atoms with E-state index in [0.29, 0.717) is 26.2 Å². The molecule has 0 fully saturated rings. The van der Waals surface area contributed by atoms with Gasteiger partial charge in [0, 0.05) is 15.8 Å². The number of hydrogen-bond acceptors (Lipinski definition) is 3. The molecule has 0 aliphatic carbocycles. The molecule has 1 aromatic heterocycles. The number of anilines is 1. The Bertz CT molecular complexity index is 904. The quantitative estimate of drug-likeness (QED) is 0.771. The van der Waals surface area contributed by atoms with Crippen LogP contribution in [0.3, 0.4) is 0 Å². The number of thiophene rings is 1. The zero-order chi connectivity index (χ0) is 16.4. The number of hydrogen-bond donors (Lipinski definition) is 2. The predicted octanol–water partition coefficient (Wildman–Crippen LogP) is 3.32. The fraction of sp³-hybridized carbons (Fsp3) is 0.0588. The molecule has 2 aromatic carbocycles. The van der Waals surface area contributed by atoms with Crippen molar-refractivity contribution in [1.82, 2.24) is 0 Å². The van der Waals surface area contributed by atoms with Crippen molar-refractivity contribution < 1.29 is 14.0 Å². The van der Waals surface area contributed by atoms with Gasteiger partial charge in [-0.05, 0) is 29.8 Å². The number of primary amides is 1.